The van der Waals surface area contributed by atoms with E-state index in [2.05, 4.69) is 0 Å². The molecule has 0 saturated carbocycles. The molecule has 112 valence electrons. The number of hydrogen-bond acceptors (Lipinski definition) is 3. The van der Waals surface area contributed by atoms with Crippen molar-refractivity contribution >= 4 is 17.8 Å². The normalized spacial score (nSPS) is 10.6. The van der Waals surface area contributed by atoms with Crippen LogP contribution < -0.4 is 4.74 Å². The Morgan fingerprint density at radius 1 is 1.05 bits per heavy atom. The molecule has 0 aliphatic rings. The summed E-state index contributed by atoms with van der Waals surface area (Å²) in [5.74, 6) is -0.256. The first-order valence-electron chi connectivity index (χ1n) is 6.75. The predicted molar refractivity (Wildman–Crippen MR) is 84.1 cm³/mol. The fourth-order valence-electron chi connectivity index (χ4n) is 1.94. The van der Waals surface area contributed by atoms with Crippen LogP contribution in [0.2, 0.25) is 0 Å². The first kappa shape index (κ1) is 15.5. The number of aliphatic carboxylic acids is 1. The van der Waals surface area contributed by atoms with Crippen molar-refractivity contribution in [2.24, 2.45) is 0 Å². The molecule has 0 bridgehead atoms. The van der Waals surface area contributed by atoms with E-state index in [1.807, 2.05) is 24.3 Å². The van der Waals surface area contributed by atoms with Crippen molar-refractivity contribution in [2.45, 2.75) is 6.42 Å². The summed E-state index contributed by atoms with van der Waals surface area (Å²) in [5, 5.41) is 8.71. The standard InChI is InChI=1S/C18H16O4/c1-22-16-9-4-13(5-10-16)6-11-17(19)15-7-2-14(3-8-15)12-18(20)21/h2-11H,12H2,1H3,(H,20,21)/b11-6+. The predicted octanol–water partition coefficient (Wildman–Crippen LogP) is 3.22. The number of carbonyl (C=O) groups excluding carboxylic acids is 1. The van der Waals surface area contributed by atoms with Gasteiger partial charge in [0.1, 0.15) is 5.75 Å². The van der Waals surface area contributed by atoms with Crippen LogP contribution in [0.5, 0.6) is 5.75 Å². The van der Waals surface area contributed by atoms with Crippen molar-refractivity contribution in [3.63, 3.8) is 0 Å². The minimum absolute atomic E-state index is 0.0455. The molecule has 0 saturated heterocycles. The number of carboxylic acids is 1. The zero-order valence-corrected chi connectivity index (χ0v) is 12.2. The smallest absolute Gasteiger partial charge is 0.307 e. The molecule has 0 radical (unpaired) electrons. The van der Waals surface area contributed by atoms with E-state index < -0.39 is 5.97 Å². The minimum atomic E-state index is -0.890. The van der Waals surface area contributed by atoms with Crippen molar-refractivity contribution in [3.8, 4) is 5.75 Å². The molecule has 0 aliphatic heterocycles. The lowest BCUT2D eigenvalue weighted by Crippen LogP contribution is -2.01. The highest BCUT2D eigenvalue weighted by Crippen LogP contribution is 2.13. The summed E-state index contributed by atoms with van der Waals surface area (Å²) < 4.78 is 5.07. The molecule has 4 nitrogen and oxygen atoms in total. The summed E-state index contributed by atoms with van der Waals surface area (Å²) in [6, 6.07) is 14.0. The highest BCUT2D eigenvalue weighted by molar-refractivity contribution is 6.06. The summed E-state index contributed by atoms with van der Waals surface area (Å²) in [6.45, 7) is 0. The number of ether oxygens (including phenoxy) is 1. The maximum absolute atomic E-state index is 12.0. The van der Waals surface area contributed by atoms with Gasteiger partial charge in [-0.3, -0.25) is 9.59 Å². The van der Waals surface area contributed by atoms with Gasteiger partial charge in [-0.25, -0.2) is 0 Å². The lowest BCUT2D eigenvalue weighted by molar-refractivity contribution is -0.136. The van der Waals surface area contributed by atoms with Crippen molar-refractivity contribution in [2.75, 3.05) is 7.11 Å². The van der Waals surface area contributed by atoms with Crippen molar-refractivity contribution < 1.29 is 19.4 Å². The minimum Gasteiger partial charge on any atom is -0.497 e. The Kier molecular flexibility index (Phi) is 5.09. The Labute approximate surface area is 128 Å². The quantitative estimate of drug-likeness (QED) is 0.656. The van der Waals surface area contributed by atoms with Crippen LogP contribution in [0.25, 0.3) is 6.08 Å². The molecule has 0 spiro atoms. The molecule has 0 unspecified atom stereocenters. The number of carbonyl (C=O) groups is 2. The third kappa shape index (κ3) is 4.31. The molecule has 0 fully saturated rings. The third-order valence-electron chi connectivity index (χ3n) is 3.14. The van der Waals surface area contributed by atoms with Crippen LogP contribution >= 0.6 is 0 Å². The molecule has 1 N–H and O–H groups in total. The van der Waals surface area contributed by atoms with E-state index in [1.165, 1.54) is 6.08 Å². The number of hydrogen-bond donors (Lipinski definition) is 1. The van der Waals surface area contributed by atoms with Gasteiger partial charge in [0.05, 0.1) is 13.5 Å². The maximum Gasteiger partial charge on any atom is 0.307 e. The van der Waals surface area contributed by atoms with E-state index in [1.54, 1.807) is 37.5 Å². The van der Waals surface area contributed by atoms with Gasteiger partial charge in [-0.2, -0.15) is 0 Å². The van der Waals surface area contributed by atoms with Gasteiger partial charge in [0.15, 0.2) is 5.78 Å². The van der Waals surface area contributed by atoms with E-state index in [4.69, 9.17) is 9.84 Å². The monoisotopic (exact) mass is 296 g/mol. The molecule has 0 amide bonds. The average molecular weight is 296 g/mol. The number of rotatable bonds is 6. The van der Waals surface area contributed by atoms with Crippen LogP contribution in [-0.2, 0) is 11.2 Å². The van der Waals surface area contributed by atoms with E-state index in [0.29, 0.717) is 11.1 Å². The van der Waals surface area contributed by atoms with E-state index in [0.717, 1.165) is 11.3 Å². The van der Waals surface area contributed by atoms with Gasteiger partial charge in [-0.05, 0) is 29.3 Å². The lowest BCUT2D eigenvalue weighted by Gasteiger charge is -2.00. The zero-order chi connectivity index (χ0) is 15.9. The fraction of sp³-hybridized carbons (Fsp3) is 0.111. The molecule has 2 rings (SSSR count). The van der Waals surface area contributed by atoms with Crippen molar-refractivity contribution in [1.29, 1.82) is 0 Å². The Hall–Kier alpha value is -2.88. The molecule has 0 aliphatic carbocycles. The second kappa shape index (κ2) is 7.22. The van der Waals surface area contributed by atoms with Gasteiger partial charge in [-0.1, -0.05) is 42.5 Å². The Morgan fingerprint density at radius 3 is 2.23 bits per heavy atom. The highest BCUT2D eigenvalue weighted by atomic mass is 16.5. The molecule has 0 atom stereocenters. The molecular weight excluding hydrogens is 280 g/mol. The van der Waals surface area contributed by atoms with Crippen LogP contribution in [0.3, 0.4) is 0 Å². The van der Waals surface area contributed by atoms with E-state index in [9.17, 15) is 9.59 Å². The second-order valence-electron chi connectivity index (χ2n) is 4.74. The Morgan fingerprint density at radius 2 is 1.68 bits per heavy atom. The average Bonchev–Trinajstić information content (AvgIpc) is 2.53. The highest BCUT2D eigenvalue weighted by Gasteiger charge is 2.04. The SMILES string of the molecule is COc1ccc(/C=C/C(=O)c2ccc(CC(=O)O)cc2)cc1. The van der Waals surface area contributed by atoms with Crippen LogP contribution in [0.4, 0.5) is 0 Å². The molecule has 4 heteroatoms. The first-order chi connectivity index (χ1) is 10.6. The van der Waals surface area contributed by atoms with Crippen LogP contribution in [0.1, 0.15) is 21.5 Å². The van der Waals surface area contributed by atoms with E-state index >= 15 is 0 Å². The summed E-state index contributed by atoms with van der Waals surface area (Å²) in [4.78, 5) is 22.7. The van der Waals surface area contributed by atoms with Crippen LogP contribution in [0.15, 0.2) is 54.6 Å². The van der Waals surface area contributed by atoms with Crippen molar-refractivity contribution in [3.05, 3.63) is 71.3 Å². The molecule has 2 aromatic carbocycles. The Balaban J connectivity index is 2.04. The fourth-order valence-corrected chi connectivity index (χ4v) is 1.94. The molecule has 0 aromatic heterocycles. The first-order valence-corrected chi connectivity index (χ1v) is 6.75. The zero-order valence-electron chi connectivity index (χ0n) is 12.2. The third-order valence-corrected chi connectivity index (χ3v) is 3.14. The van der Waals surface area contributed by atoms with E-state index in [-0.39, 0.29) is 12.2 Å². The topological polar surface area (TPSA) is 63.6 Å². The summed E-state index contributed by atoms with van der Waals surface area (Å²) in [6.07, 6.45) is 3.18. The largest absolute Gasteiger partial charge is 0.497 e. The van der Waals surface area contributed by atoms with Gasteiger partial charge in [-0.15, -0.1) is 0 Å². The van der Waals surface area contributed by atoms with Gasteiger partial charge in [0.2, 0.25) is 0 Å². The number of benzene rings is 2. The summed E-state index contributed by atoms with van der Waals surface area (Å²) in [5.41, 5.74) is 2.10. The maximum atomic E-state index is 12.0. The Bertz CT molecular complexity index is 682. The van der Waals surface area contributed by atoms with Crippen LogP contribution in [-0.4, -0.2) is 24.0 Å². The molecule has 22 heavy (non-hydrogen) atoms. The molecule has 2 aromatic rings. The second-order valence-corrected chi connectivity index (χ2v) is 4.74. The van der Waals surface area contributed by atoms with Gasteiger partial charge >= 0.3 is 5.97 Å². The van der Waals surface area contributed by atoms with Gasteiger partial charge in [0.25, 0.3) is 0 Å². The van der Waals surface area contributed by atoms with Crippen LogP contribution in [0, 0.1) is 0 Å². The molecule has 0 heterocycles. The number of methoxy groups -OCH3 is 1. The number of allylic oxidation sites excluding steroid dienone is 1. The summed E-state index contributed by atoms with van der Waals surface area (Å²) >= 11 is 0. The number of carboxylic acid groups (broad SMARTS) is 1. The molecular formula is C18H16O4. The summed E-state index contributed by atoms with van der Waals surface area (Å²) in [7, 11) is 1.60. The lowest BCUT2D eigenvalue weighted by atomic mass is 10.1. The van der Waals surface area contributed by atoms with Gasteiger partial charge < -0.3 is 9.84 Å². The number of ketones is 1. The van der Waals surface area contributed by atoms with Crippen molar-refractivity contribution in [1.82, 2.24) is 0 Å². The van der Waals surface area contributed by atoms with Gasteiger partial charge in [0, 0.05) is 5.56 Å².